The first-order valence-corrected chi connectivity index (χ1v) is 48.1. The number of hydrogen-bond acceptors (Lipinski definition) is 3. The lowest BCUT2D eigenvalue weighted by Gasteiger charge is -2.30. The van der Waals surface area contributed by atoms with Crippen LogP contribution in [0.15, 0.2) is 528 Å². The van der Waals surface area contributed by atoms with E-state index < -0.39 is 0 Å². The van der Waals surface area contributed by atoms with Crippen LogP contribution in [-0.2, 0) is 16.2 Å². The van der Waals surface area contributed by atoms with Crippen molar-refractivity contribution in [1.82, 2.24) is 0 Å². The standard InChI is InChI=1S/3C45H35N/c1-45(2)42-30-36(33-16-8-4-9-17-33)24-28-40(42)41-29-27-38(31-43(41)45)46(37-25-22-34(23-26-37)32-14-6-3-7-15-32)44-21-13-12-20-39(44)35-18-10-5-11-19-35;1-45(2)43-30-37(34-17-10-5-11-18-34)23-27-41(43)42-28-26-40(31-44(42)45)46(38-24-21-35(22-25-38)32-13-6-3-7-14-32)39-20-12-19-36(29-39)33-15-8-4-9-16-33;1-45(2)43-30-37(34-16-10-5-11-17-34)22-28-41(43)42-29-27-40(31-44(42)45)46(38-23-18-35(19-24-38)32-12-6-3-7-13-32)39-25-20-36(21-26-39)33-14-8-4-9-15-33/h3*3-31H,1-2H3. The zero-order valence-corrected chi connectivity index (χ0v) is 78.6. The van der Waals surface area contributed by atoms with Crippen LogP contribution in [0.25, 0.3) is 134 Å². The smallest absolute Gasteiger partial charge is 0.0540 e. The number of nitrogens with zero attached hydrogens (tertiary/aromatic N) is 3. The third-order valence-electron chi connectivity index (χ3n) is 28.4. The van der Waals surface area contributed by atoms with Crippen molar-refractivity contribution in [2.24, 2.45) is 0 Å². The van der Waals surface area contributed by atoms with Crippen LogP contribution in [0, 0.1) is 0 Å². The van der Waals surface area contributed by atoms with Gasteiger partial charge in [-0.05, 0) is 283 Å². The van der Waals surface area contributed by atoms with Crippen molar-refractivity contribution in [1.29, 1.82) is 0 Å². The summed E-state index contributed by atoms with van der Waals surface area (Å²) in [5, 5.41) is 0. The van der Waals surface area contributed by atoms with Crippen LogP contribution in [0.2, 0.25) is 0 Å². The second kappa shape index (κ2) is 37.1. The molecule has 0 heterocycles. The Kier molecular flexibility index (Phi) is 23.2. The van der Waals surface area contributed by atoms with Crippen LogP contribution in [0.4, 0.5) is 51.2 Å². The Morgan fingerprint density at radius 3 is 0.587 bits per heavy atom. The molecule has 3 nitrogen and oxygen atoms in total. The number of para-hydroxylation sites is 1. The van der Waals surface area contributed by atoms with E-state index in [-0.39, 0.29) is 16.2 Å². The van der Waals surface area contributed by atoms with Crippen LogP contribution in [0.3, 0.4) is 0 Å². The van der Waals surface area contributed by atoms with Gasteiger partial charge >= 0.3 is 0 Å². The Morgan fingerprint density at radius 1 is 0.116 bits per heavy atom. The van der Waals surface area contributed by atoms with Gasteiger partial charge in [-0.2, -0.15) is 0 Å². The van der Waals surface area contributed by atoms with E-state index in [1.54, 1.807) is 0 Å². The van der Waals surface area contributed by atoms with Crippen molar-refractivity contribution in [3.05, 3.63) is 561 Å². The molecule has 3 aliphatic carbocycles. The van der Waals surface area contributed by atoms with Gasteiger partial charge in [0.2, 0.25) is 0 Å². The average molecular weight is 1770 g/mol. The van der Waals surface area contributed by atoms with Crippen LogP contribution in [0.5, 0.6) is 0 Å². The van der Waals surface area contributed by atoms with Gasteiger partial charge in [0.15, 0.2) is 0 Å². The van der Waals surface area contributed by atoms with Crippen molar-refractivity contribution in [3.63, 3.8) is 0 Å². The highest BCUT2D eigenvalue weighted by molar-refractivity contribution is 5.95. The van der Waals surface area contributed by atoms with Crippen LogP contribution >= 0.6 is 0 Å². The Balaban J connectivity index is 0.000000119. The molecule has 24 rings (SSSR count). The van der Waals surface area contributed by atoms with Crippen molar-refractivity contribution in [2.45, 2.75) is 57.8 Å². The number of benzene rings is 21. The molecule has 3 heteroatoms. The molecule has 0 fully saturated rings. The minimum atomic E-state index is -0.146. The fraction of sp³-hybridized carbons (Fsp3) is 0.0667. The van der Waals surface area contributed by atoms with E-state index in [1.807, 2.05) is 0 Å². The second-order valence-corrected chi connectivity index (χ2v) is 37.9. The van der Waals surface area contributed by atoms with E-state index in [2.05, 4.69) is 584 Å². The highest BCUT2D eigenvalue weighted by atomic mass is 15.2. The molecule has 0 aliphatic heterocycles. The van der Waals surface area contributed by atoms with Gasteiger partial charge < -0.3 is 14.7 Å². The molecule has 0 radical (unpaired) electrons. The van der Waals surface area contributed by atoms with Gasteiger partial charge in [-0.3, -0.25) is 0 Å². The zero-order valence-electron chi connectivity index (χ0n) is 78.6. The van der Waals surface area contributed by atoms with E-state index >= 15 is 0 Å². The molecule has 660 valence electrons. The van der Waals surface area contributed by atoms with E-state index in [0.29, 0.717) is 0 Å². The van der Waals surface area contributed by atoms with Crippen LogP contribution in [0.1, 0.15) is 74.9 Å². The molecule has 0 atom stereocenters. The third kappa shape index (κ3) is 16.8. The molecule has 138 heavy (non-hydrogen) atoms. The summed E-state index contributed by atoms with van der Waals surface area (Å²) in [7, 11) is 0. The number of hydrogen-bond donors (Lipinski definition) is 0. The number of rotatable bonds is 18. The molecule has 0 bridgehead atoms. The maximum absolute atomic E-state index is 2.42. The molecule has 0 aromatic heterocycles. The molecule has 0 saturated heterocycles. The molecule has 0 spiro atoms. The largest absolute Gasteiger partial charge is 0.310 e. The summed E-state index contributed by atoms with van der Waals surface area (Å²) in [6.45, 7) is 14.2. The molecular formula is C135H105N3. The Hall–Kier alpha value is -17.0. The first-order valence-electron chi connectivity index (χ1n) is 48.1. The molecule has 21 aromatic rings. The fourth-order valence-electron chi connectivity index (χ4n) is 21.1. The van der Waals surface area contributed by atoms with Crippen molar-refractivity contribution >= 4 is 51.2 Å². The summed E-state index contributed by atoms with van der Waals surface area (Å²) in [4.78, 5) is 7.21. The molecular weight excluding hydrogens is 1660 g/mol. The first kappa shape index (κ1) is 86.4. The summed E-state index contributed by atoms with van der Waals surface area (Å²) in [5.41, 5.74) is 48.1. The summed E-state index contributed by atoms with van der Waals surface area (Å²) in [6, 6.07) is 191. The maximum Gasteiger partial charge on any atom is 0.0540 e. The van der Waals surface area contributed by atoms with E-state index in [0.717, 1.165) is 51.2 Å². The lowest BCUT2D eigenvalue weighted by Crippen LogP contribution is -2.17. The number of anilines is 9. The monoisotopic (exact) mass is 1770 g/mol. The Labute approximate surface area is 812 Å². The SMILES string of the molecule is CC1(C)c2cc(-c3ccccc3)ccc2-c2ccc(N(c3ccc(-c4ccccc4)cc3)c3ccc(-c4ccccc4)cc3)cc21.CC1(C)c2cc(-c3ccccc3)ccc2-c2ccc(N(c3ccc(-c4ccccc4)cc3)c3cccc(-c4ccccc4)c3)cc21.CC1(C)c2cc(-c3ccccc3)ccc2-c2ccc(N(c3ccc(-c4ccccc4)cc3)c3ccccc3-c3ccccc3)cc21. The van der Waals surface area contributed by atoms with Crippen molar-refractivity contribution < 1.29 is 0 Å². The van der Waals surface area contributed by atoms with Gasteiger partial charge in [0.05, 0.1) is 5.69 Å². The van der Waals surface area contributed by atoms with Crippen LogP contribution in [-0.4, -0.2) is 0 Å². The van der Waals surface area contributed by atoms with Crippen LogP contribution < -0.4 is 14.7 Å². The maximum atomic E-state index is 2.42. The quantitative estimate of drug-likeness (QED) is 0.0848. The summed E-state index contributed by atoms with van der Waals surface area (Å²) < 4.78 is 0. The van der Waals surface area contributed by atoms with E-state index in [9.17, 15) is 0 Å². The summed E-state index contributed by atoms with van der Waals surface area (Å²) >= 11 is 0. The predicted octanol–water partition coefficient (Wildman–Crippen LogP) is 37.4. The highest BCUT2D eigenvalue weighted by Crippen LogP contribution is 2.57. The van der Waals surface area contributed by atoms with Gasteiger partial charge in [0, 0.05) is 67.3 Å². The summed E-state index contributed by atoms with van der Waals surface area (Å²) in [6.07, 6.45) is 0. The average Bonchev–Trinajstić information content (AvgIpc) is 1.58. The topological polar surface area (TPSA) is 9.72 Å². The Morgan fingerprint density at radius 2 is 0.297 bits per heavy atom. The molecule has 0 saturated carbocycles. The third-order valence-corrected chi connectivity index (χ3v) is 28.4. The molecule has 0 N–H and O–H groups in total. The minimum Gasteiger partial charge on any atom is -0.310 e. The minimum absolute atomic E-state index is 0.133. The molecule has 21 aromatic carbocycles. The van der Waals surface area contributed by atoms with Crippen molar-refractivity contribution in [3.8, 4) is 134 Å². The van der Waals surface area contributed by atoms with Gasteiger partial charge in [0.1, 0.15) is 0 Å². The van der Waals surface area contributed by atoms with E-state index in [4.69, 9.17) is 0 Å². The van der Waals surface area contributed by atoms with E-state index in [1.165, 1.54) is 167 Å². The van der Waals surface area contributed by atoms with Gasteiger partial charge in [-0.1, -0.05) is 448 Å². The van der Waals surface area contributed by atoms with Gasteiger partial charge in [0.25, 0.3) is 0 Å². The Bertz CT molecular complexity index is 7840. The highest BCUT2D eigenvalue weighted by Gasteiger charge is 2.40. The number of fused-ring (bicyclic) bond motifs is 9. The lowest BCUT2D eigenvalue weighted by molar-refractivity contribution is 0.660. The zero-order chi connectivity index (χ0) is 93.3. The predicted molar refractivity (Wildman–Crippen MR) is 585 cm³/mol. The van der Waals surface area contributed by atoms with Crippen molar-refractivity contribution in [2.75, 3.05) is 14.7 Å². The van der Waals surface area contributed by atoms with Gasteiger partial charge in [-0.25, -0.2) is 0 Å². The summed E-state index contributed by atoms with van der Waals surface area (Å²) in [5.74, 6) is 0. The molecule has 0 unspecified atom stereocenters. The normalized spacial score (nSPS) is 12.7. The molecule has 0 amide bonds. The molecule has 3 aliphatic rings. The lowest BCUT2D eigenvalue weighted by atomic mass is 9.81. The second-order valence-electron chi connectivity index (χ2n) is 37.9. The fourth-order valence-corrected chi connectivity index (χ4v) is 21.1. The first-order chi connectivity index (χ1) is 67.7. The van der Waals surface area contributed by atoms with Gasteiger partial charge in [-0.15, -0.1) is 0 Å².